The Labute approximate surface area is 73.2 Å². The van der Waals surface area contributed by atoms with Crippen LogP contribution >= 0.6 is 24.4 Å². The molecule has 0 aromatic carbocycles. The number of nitrogens with one attached hydrogen (secondary N) is 2. The van der Waals surface area contributed by atoms with Crippen LogP contribution < -0.4 is 0 Å². The van der Waals surface area contributed by atoms with Gasteiger partial charge in [-0.1, -0.05) is 12.2 Å². The third-order valence-electron chi connectivity index (χ3n) is 1.51. The lowest BCUT2D eigenvalue weighted by molar-refractivity contribution is 1.06. The largest absolute Gasteiger partial charge is 0.334 e. The number of fused-ring (bicyclic) bond motifs is 1. The van der Waals surface area contributed by atoms with Gasteiger partial charge in [0.05, 0.1) is 5.69 Å². The lowest BCUT2D eigenvalue weighted by Crippen LogP contribution is -1.89. The van der Waals surface area contributed by atoms with Crippen LogP contribution in [0.5, 0.6) is 0 Å². The fourth-order valence-corrected chi connectivity index (χ4v) is 1.61. The quantitative estimate of drug-likeness (QED) is 0.605. The van der Waals surface area contributed by atoms with Gasteiger partial charge in [0.1, 0.15) is 10.3 Å². The molecule has 3 nitrogen and oxygen atoms in total. The van der Waals surface area contributed by atoms with Gasteiger partial charge in [-0.2, -0.15) is 0 Å². The summed E-state index contributed by atoms with van der Waals surface area (Å²) in [6.45, 7) is 0. The Balaban J connectivity index is 2.87. The van der Waals surface area contributed by atoms with Crippen molar-refractivity contribution in [3.63, 3.8) is 0 Å². The highest BCUT2D eigenvalue weighted by Gasteiger charge is 2.07. The van der Waals surface area contributed by atoms with Gasteiger partial charge in [-0.15, -0.1) is 0 Å². The summed E-state index contributed by atoms with van der Waals surface area (Å²) in [5.41, 5.74) is 1.84. The molecular weight excluding hydrogens is 178 g/mol. The highest BCUT2D eigenvalue weighted by molar-refractivity contribution is 7.72. The van der Waals surface area contributed by atoms with Crippen LogP contribution in [0.2, 0.25) is 0 Å². The molecule has 0 saturated carbocycles. The van der Waals surface area contributed by atoms with E-state index in [1.165, 1.54) is 0 Å². The molecule has 0 saturated heterocycles. The molecule has 0 aliphatic carbocycles. The molecule has 1 aliphatic rings. The highest BCUT2D eigenvalue weighted by atomic mass is 32.1. The molecule has 2 N–H and O–H groups in total. The molecule has 0 amide bonds. The van der Waals surface area contributed by atoms with Crippen LogP contribution in [-0.4, -0.2) is 16.2 Å². The first kappa shape index (κ1) is 6.87. The predicted molar refractivity (Wildman–Crippen MR) is 48.7 cm³/mol. The van der Waals surface area contributed by atoms with E-state index in [9.17, 15) is 0 Å². The monoisotopic (exact) mass is 183 g/mol. The van der Waals surface area contributed by atoms with E-state index in [0.29, 0.717) is 9.41 Å². The average molecular weight is 183 g/mol. The van der Waals surface area contributed by atoms with Gasteiger partial charge in [0.15, 0.2) is 4.77 Å². The van der Waals surface area contributed by atoms with Crippen LogP contribution in [0.4, 0.5) is 5.69 Å². The Morgan fingerprint density at radius 3 is 3.00 bits per heavy atom. The smallest absolute Gasteiger partial charge is 0.175 e. The Bertz CT molecular complexity index is 426. The van der Waals surface area contributed by atoms with E-state index < -0.39 is 0 Å². The van der Waals surface area contributed by atoms with Crippen molar-refractivity contribution in [3.05, 3.63) is 15.1 Å². The molecule has 2 heterocycles. The molecule has 0 fully saturated rings. The molecular formula is C6H5N3S2. The standard InChI is InChI=1S/C6H5N3S2/c10-5-4-3(1-2-7-4)8-6(11)9-5/h2H,1H2,(H2,8,9,10,11). The minimum atomic E-state index is 0.569. The summed E-state index contributed by atoms with van der Waals surface area (Å²) >= 11 is 9.92. The maximum Gasteiger partial charge on any atom is 0.175 e. The summed E-state index contributed by atoms with van der Waals surface area (Å²) < 4.78 is 1.19. The maximum absolute atomic E-state index is 5.01. The lowest BCUT2D eigenvalue weighted by Gasteiger charge is -1.95. The number of hydrogen-bond donors (Lipinski definition) is 2. The second-order valence-corrected chi connectivity index (χ2v) is 3.07. The van der Waals surface area contributed by atoms with Crippen molar-refractivity contribution in [1.82, 2.24) is 9.97 Å². The summed E-state index contributed by atoms with van der Waals surface area (Å²) in [5, 5.41) is 0. The van der Waals surface area contributed by atoms with E-state index in [1.807, 2.05) is 6.21 Å². The van der Waals surface area contributed by atoms with Crippen LogP contribution in [0.3, 0.4) is 0 Å². The van der Waals surface area contributed by atoms with Gasteiger partial charge in [-0.05, 0) is 12.2 Å². The van der Waals surface area contributed by atoms with Crippen LogP contribution in [0, 0.1) is 9.41 Å². The molecule has 11 heavy (non-hydrogen) atoms. The first-order chi connectivity index (χ1) is 5.27. The van der Waals surface area contributed by atoms with Crippen molar-refractivity contribution in [2.45, 2.75) is 6.42 Å². The summed E-state index contributed by atoms with van der Waals surface area (Å²) in [7, 11) is 0. The van der Waals surface area contributed by atoms with Crippen molar-refractivity contribution in [1.29, 1.82) is 0 Å². The Kier molecular flexibility index (Phi) is 1.47. The molecule has 0 atom stereocenters. The highest BCUT2D eigenvalue weighted by Crippen LogP contribution is 2.21. The van der Waals surface area contributed by atoms with Crippen molar-refractivity contribution in [3.8, 4) is 0 Å². The third-order valence-corrected chi connectivity index (χ3v) is 2.01. The van der Waals surface area contributed by atoms with E-state index >= 15 is 0 Å². The van der Waals surface area contributed by atoms with E-state index in [2.05, 4.69) is 15.0 Å². The molecule has 1 aromatic heterocycles. The topological polar surface area (TPSA) is 43.9 Å². The van der Waals surface area contributed by atoms with Crippen LogP contribution in [-0.2, 0) is 6.42 Å². The van der Waals surface area contributed by atoms with Gasteiger partial charge >= 0.3 is 0 Å². The maximum atomic E-state index is 5.01. The SMILES string of the molecule is S=c1[nH]c2c(c(=S)[nH]1)N=CC2. The van der Waals surface area contributed by atoms with Crippen LogP contribution in [0.25, 0.3) is 0 Å². The number of aliphatic imine (C=N–C) groups is 1. The summed E-state index contributed by atoms with van der Waals surface area (Å²) in [4.78, 5) is 9.93. The fraction of sp³-hybridized carbons (Fsp3) is 0.167. The van der Waals surface area contributed by atoms with Gasteiger partial charge < -0.3 is 9.97 Å². The zero-order valence-corrected chi connectivity index (χ0v) is 7.18. The molecule has 0 bridgehead atoms. The van der Waals surface area contributed by atoms with Crippen LogP contribution in [0.15, 0.2) is 4.99 Å². The van der Waals surface area contributed by atoms with Crippen molar-refractivity contribution >= 4 is 36.3 Å². The summed E-state index contributed by atoms with van der Waals surface area (Å²) in [6.07, 6.45) is 2.62. The first-order valence-corrected chi connectivity index (χ1v) is 3.97. The first-order valence-electron chi connectivity index (χ1n) is 3.15. The molecule has 2 rings (SSSR count). The van der Waals surface area contributed by atoms with E-state index in [-0.39, 0.29) is 0 Å². The normalized spacial score (nSPS) is 13.5. The molecule has 0 unspecified atom stereocenters. The lowest BCUT2D eigenvalue weighted by atomic mass is 10.3. The predicted octanol–water partition coefficient (Wildman–Crippen LogP) is 2.06. The molecule has 0 spiro atoms. The van der Waals surface area contributed by atoms with Crippen molar-refractivity contribution in [2.75, 3.05) is 0 Å². The Morgan fingerprint density at radius 1 is 1.36 bits per heavy atom. The molecule has 1 aliphatic heterocycles. The van der Waals surface area contributed by atoms with Gasteiger partial charge in [0.25, 0.3) is 0 Å². The van der Waals surface area contributed by atoms with E-state index in [0.717, 1.165) is 17.8 Å². The van der Waals surface area contributed by atoms with Gasteiger partial charge in [0.2, 0.25) is 0 Å². The number of aromatic nitrogens is 2. The summed E-state index contributed by atoms with van der Waals surface area (Å²) in [5.74, 6) is 0. The second-order valence-electron chi connectivity index (χ2n) is 2.25. The van der Waals surface area contributed by atoms with Gasteiger partial charge in [-0.3, -0.25) is 4.99 Å². The zero-order valence-electron chi connectivity index (χ0n) is 5.55. The minimum absolute atomic E-state index is 0.569. The average Bonchev–Trinajstić information content (AvgIpc) is 2.34. The number of H-pyrrole nitrogens is 2. The van der Waals surface area contributed by atoms with E-state index in [4.69, 9.17) is 24.4 Å². The molecule has 56 valence electrons. The van der Waals surface area contributed by atoms with Crippen LogP contribution in [0.1, 0.15) is 5.69 Å². The Morgan fingerprint density at radius 2 is 2.18 bits per heavy atom. The molecule has 0 radical (unpaired) electrons. The number of hydrogen-bond acceptors (Lipinski definition) is 3. The third kappa shape index (κ3) is 1.06. The van der Waals surface area contributed by atoms with Gasteiger partial charge in [0, 0.05) is 12.6 Å². The van der Waals surface area contributed by atoms with Crippen molar-refractivity contribution in [2.24, 2.45) is 4.99 Å². The summed E-state index contributed by atoms with van der Waals surface area (Å²) in [6, 6.07) is 0. The molecule has 5 heteroatoms. The fourth-order valence-electron chi connectivity index (χ4n) is 1.04. The second kappa shape index (κ2) is 2.35. The minimum Gasteiger partial charge on any atom is -0.334 e. The van der Waals surface area contributed by atoms with Gasteiger partial charge in [-0.25, -0.2) is 0 Å². The van der Waals surface area contributed by atoms with E-state index in [1.54, 1.807) is 0 Å². The van der Waals surface area contributed by atoms with Crippen molar-refractivity contribution < 1.29 is 0 Å². The number of aromatic amines is 2. The molecule has 1 aromatic rings. The number of rotatable bonds is 0. The zero-order chi connectivity index (χ0) is 7.84. The number of nitrogens with zero attached hydrogens (tertiary/aromatic N) is 1. The Hall–Kier alpha value is -0.810.